The van der Waals surface area contributed by atoms with Gasteiger partial charge in [-0.1, -0.05) is 11.6 Å². The zero-order chi connectivity index (χ0) is 15.6. The van der Waals surface area contributed by atoms with Crippen molar-refractivity contribution in [2.45, 2.75) is 17.7 Å². The normalized spacial score (nSPS) is 17.6. The fourth-order valence-electron chi connectivity index (χ4n) is 2.39. The van der Waals surface area contributed by atoms with Crippen LogP contribution in [0, 0.1) is 5.92 Å². The van der Waals surface area contributed by atoms with E-state index in [1.807, 2.05) is 0 Å². The number of nitrogens with one attached hydrogen (secondary N) is 1. The Morgan fingerprint density at radius 3 is 2.52 bits per heavy atom. The maximum absolute atomic E-state index is 12.5. The molecule has 0 aliphatic carbocycles. The van der Waals surface area contributed by atoms with Gasteiger partial charge in [0.05, 0.1) is 15.6 Å². The lowest BCUT2D eigenvalue weighted by molar-refractivity contribution is -0.125. The fourth-order valence-corrected chi connectivity index (χ4v) is 4.02. The topological polar surface area (TPSA) is 92.5 Å². The van der Waals surface area contributed by atoms with E-state index in [0.717, 1.165) is 0 Å². The summed E-state index contributed by atoms with van der Waals surface area (Å²) in [5.41, 5.74) is 5.89. The molecule has 1 aromatic carbocycles. The van der Waals surface area contributed by atoms with E-state index in [9.17, 15) is 13.2 Å². The Kier molecular flexibility index (Phi) is 4.75. The van der Waals surface area contributed by atoms with Crippen molar-refractivity contribution in [2.24, 2.45) is 5.92 Å². The summed E-state index contributed by atoms with van der Waals surface area (Å²) in [5, 5.41) is 2.92. The van der Waals surface area contributed by atoms with Crippen molar-refractivity contribution < 1.29 is 13.2 Å². The number of nitrogen functional groups attached to an aromatic ring is 1. The molecule has 0 spiro atoms. The van der Waals surface area contributed by atoms with Gasteiger partial charge in [-0.05, 0) is 31.0 Å². The van der Waals surface area contributed by atoms with Gasteiger partial charge in [0.15, 0.2) is 0 Å². The first kappa shape index (κ1) is 16.1. The standard InChI is InChI=1S/C13H18ClN3O3S/c1-16-13(18)9-4-6-17(7-5-9)21(19,20)10-2-3-11(14)12(15)8-10/h2-3,8-9H,4-7,15H2,1H3,(H,16,18). The summed E-state index contributed by atoms with van der Waals surface area (Å²) in [6.07, 6.45) is 1.03. The highest BCUT2D eigenvalue weighted by Gasteiger charge is 2.31. The third-order valence-corrected chi connectivity index (χ3v) is 5.92. The molecule has 6 nitrogen and oxygen atoms in total. The zero-order valence-electron chi connectivity index (χ0n) is 11.7. The van der Waals surface area contributed by atoms with E-state index in [-0.39, 0.29) is 22.4 Å². The van der Waals surface area contributed by atoms with Crippen LogP contribution in [-0.4, -0.2) is 38.8 Å². The van der Waals surface area contributed by atoms with Gasteiger partial charge in [-0.2, -0.15) is 4.31 Å². The summed E-state index contributed by atoms with van der Waals surface area (Å²) in [6, 6.07) is 4.28. The van der Waals surface area contributed by atoms with E-state index in [2.05, 4.69) is 5.32 Å². The molecule has 8 heteroatoms. The molecule has 0 saturated carbocycles. The smallest absolute Gasteiger partial charge is 0.243 e. The Labute approximate surface area is 129 Å². The molecule has 21 heavy (non-hydrogen) atoms. The van der Waals surface area contributed by atoms with Crippen molar-refractivity contribution in [3.63, 3.8) is 0 Å². The van der Waals surface area contributed by atoms with Gasteiger partial charge in [-0.25, -0.2) is 8.42 Å². The molecule has 0 aromatic heterocycles. The molecule has 2 rings (SSSR count). The number of halogens is 1. The van der Waals surface area contributed by atoms with Crippen LogP contribution in [-0.2, 0) is 14.8 Å². The number of benzene rings is 1. The van der Waals surface area contributed by atoms with Crippen LogP contribution in [0.5, 0.6) is 0 Å². The molecule has 1 aliphatic heterocycles. The van der Waals surface area contributed by atoms with Crippen LogP contribution in [0.4, 0.5) is 5.69 Å². The first-order valence-electron chi connectivity index (χ1n) is 6.63. The molecular formula is C13H18ClN3O3S. The maximum atomic E-state index is 12.5. The average molecular weight is 332 g/mol. The second-order valence-corrected chi connectivity index (χ2v) is 7.32. The highest BCUT2D eigenvalue weighted by Crippen LogP contribution is 2.27. The molecule has 1 fully saturated rings. The van der Waals surface area contributed by atoms with E-state index >= 15 is 0 Å². The van der Waals surface area contributed by atoms with E-state index in [4.69, 9.17) is 17.3 Å². The van der Waals surface area contributed by atoms with Crippen LogP contribution >= 0.6 is 11.6 Å². The number of anilines is 1. The molecule has 1 heterocycles. The summed E-state index contributed by atoms with van der Waals surface area (Å²) < 4.78 is 26.4. The monoisotopic (exact) mass is 331 g/mol. The van der Waals surface area contributed by atoms with Gasteiger partial charge >= 0.3 is 0 Å². The lowest BCUT2D eigenvalue weighted by Crippen LogP contribution is -2.42. The van der Waals surface area contributed by atoms with Crippen molar-refractivity contribution >= 4 is 33.2 Å². The number of nitrogens with two attached hydrogens (primary N) is 1. The Balaban J connectivity index is 2.14. The largest absolute Gasteiger partial charge is 0.397 e. The van der Waals surface area contributed by atoms with Crippen molar-refractivity contribution in [1.82, 2.24) is 9.62 Å². The third kappa shape index (κ3) is 3.30. The molecule has 1 aromatic rings. The van der Waals surface area contributed by atoms with Gasteiger partial charge < -0.3 is 11.1 Å². The molecule has 0 atom stereocenters. The van der Waals surface area contributed by atoms with Crippen LogP contribution in [0.1, 0.15) is 12.8 Å². The number of nitrogens with zero attached hydrogens (tertiary/aromatic N) is 1. The minimum atomic E-state index is -3.59. The number of carbonyl (C=O) groups is 1. The number of hydrogen-bond donors (Lipinski definition) is 2. The Hall–Kier alpha value is -1.31. The van der Waals surface area contributed by atoms with Crippen molar-refractivity contribution in [3.8, 4) is 0 Å². The van der Waals surface area contributed by atoms with E-state index in [1.165, 1.54) is 22.5 Å². The highest BCUT2D eigenvalue weighted by atomic mass is 35.5. The number of hydrogen-bond acceptors (Lipinski definition) is 4. The molecule has 116 valence electrons. The van der Waals surface area contributed by atoms with Crippen LogP contribution in [0.2, 0.25) is 5.02 Å². The second-order valence-electron chi connectivity index (χ2n) is 4.98. The minimum Gasteiger partial charge on any atom is -0.397 e. The Morgan fingerprint density at radius 2 is 2.00 bits per heavy atom. The molecule has 1 amide bonds. The molecule has 0 unspecified atom stereocenters. The maximum Gasteiger partial charge on any atom is 0.243 e. The quantitative estimate of drug-likeness (QED) is 0.810. The van der Waals surface area contributed by atoms with Crippen molar-refractivity contribution in [1.29, 1.82) is 0 Å². The summed E-state index contributed by atoms with van der Waals surface area (Å²) >= 11 is 5.81. The summed E-state index contributed by atoms with van der Waals surface area (Å²) in [6.45, 7) is 0.645. The highest BCUT2D eigenvalue weighted by molar-refractivity contribution is 7.89. The predicted molar refractivity (Wildman–Crippen MR) is 81.4 cm³/mol. The summed E-state index contributed by atoms with van der Waals surface area (Å²) in [5.74, 6) is -0.167. The minimum absolute atomic E-state index is 0.0391. The number of amides is 1. The van der Waals surface area contributed by atoms with Crippen LogP contribution in [0.15, 0.2) is 23.1 Å². The lowest BCUT2D eigenvalue weighted by Gasteiger charge is -2.30. The molecule has 3 N–H and O–H groups in total. The molecule has 1 saturated heterocycles. The number of carbonyl (C=O) groups excluding carboxylic acids is 1. The molecule has 1 aliphatic rings. The zero-order valence-corrected chi connectivity index (χ0v) is 13.2. The first-order valence-corrected chi connectivity index (χ1v) is 8.45. The molecular weight excluding hydrogens is 314 g/mol. The van der Waals surface area contributed by atoms with Gasteiger partial charge in [-0.3, -0.25) is 4.79 Å². The Bertz CT molecular complexity index is 640. The molecule has 0 radical (unpaired) electrons. The van der Waals surface area contributed by atoms with Crippen LogP contribution in [0.3, 0.4) is 0 Å². The van der Waals surface area contributed by atoms with E-state index in [1.54, 1.807) is 7.05 Å². The predicted octanol–water partition coefficient (Wildman–Crippen LogP) is 1.07. The summed E-state index contributed by atoms with van der Waals surface area (Å²) in [7, 11) is -2.01. The van der Waals surface area contributed by atoms with Crippen LogP contribution in [0.25, 0.3) is 0 Å². The number of piperidine rings is 1. The van der Waals surface area contributed by atoms with Gasteiger partial charge in [0, 0.05) is 26.1 Å². The van der Waals surface area contributed by atoms with Gasteiger partial charge in [-0.15, -0.1) is 0 Å². The first-order chi connectivity index (χ1) is 9.86. The second kappa shape index (κ2) is 6.21. The van der Waals surface area contributed by atoms with Crippen molar-refractivity contribution in [3.05, 3.63) is 23.2 Å². The number of rotatable bonds is 3. The van der Waals surface area contributed by atoms with E-state index < -0.39 is 10.0 Å². The average Bonchev–Trinajstić information content (AvgIpc) is 2.49. The van der Waals surface area contributed by atoms with Crippen LogP contribution < -0.4 is 11.1 Å². The summed E-state index contributed by atoms with van der Waals surface area (Å²) in [4.78, 5) is 11.7. The van der Waals surface area contributed by atoms with Gasteiger partial charge in [0.25, 0.3) is 0 Å². The Morgan fingerprint density at radius 1 is 1.38 bits per heavy atom. The van der Waals surface area contributed by atoms with Gasteiger partial charge in [0.2, 0.25) is 15.9 Å². The lowest BCUT2D eigenvalue weighted by atomic mass is 9.97. The molecule has 0 bridgehead atoms. The third-order valence-electron chi connectivity index (χ3n) is 3.68. The fraction of sp³-hybridized carbons (Fsp3) is 0.462. The van der Waals surface area contributed by atoms with Gasteiger partial charge in [0.1, 0.15) is 0 Å². The van der Waals surface area contributed by atoms with Crippen molar-refractivity contribution in [2.75, 3.05) is 25.9 Å². The number of sulfonamides is 1. The van der Waals surface area contributed by atoms with E-state index in [0.29, 0.717) is 31.0 Å². The SMILES string of the molecule is CNC(=O)C1CCN(S(=O)(=O)c2ccc(Cl)c(N)c2)CC1.